The lowest BCUT2D eigenvalue weighted by atomic mass is 10.0. The lowest BCUT2D eigenvalue weighted by molar-refractivity contribution is -0.140. The highest BCUT2D eigenvalue weighted by atomic mass is 32.2. The number of rotatable bonds is 13. The van der Waals surface area contributed by atoms with Crippen molar-refractivity contribution in [3.8, 4) is 11.5 Å². The van der Waals surface area contributed by atoms with E-state index in [9.17, 15) is 22.4 Å². The van der Waals surface area contributed by atoms with Crippen LogP contribution in [0.15, 0.2) is 102 Å². The fourth-order valence-electron chi connectivity index (χ4n) is 5.18. The van der Waals surface area contributed by atoms with E-state index in [2.05, 4.69) is 5.32 Å². The van der Waals surface area contributed by atoms with E-state index in [-0.39, 0.29) is 41.5 Å². The first kappa shape index (κ1) is 33.4. The second-order valence-corrected chi connectivity index (χ2v) is 12.8. The highest BCUT2D eigenvalue weighted by molar-refractivity contribution is 7.92. The van der Waals surface area contributed by atoms with Gasteiger partial charge in [0.25, 0.3) is 10.0 Å². The molecule has 12 heteroatoms. The van der Waals surface area contributed by atoms with Crippen molar-refractivity contribution in [2.45, 2.75) is 37.2 Å². The number of fused-ring (bicyclic) bond motifs is 1. The fraction of sp³-hybridized carbons (Fsp3) is 0.257. The SMILES string of the molecule is CCCNC(=O)[C@H](Cc1ccccc1)N(Cc1ccccc1F)C(=O)CN(c1ccc(F)cc1)S(=O)(=O)c1ccc2c(c1)OCCO2. The van der Waals surface area contributed by atoms with Crippen LogP contribution in [0, 0.1) is 11.6 Å². The zero-order chi connectivity index (χ0) is 33.4. The summed E-state index contributed by atoms with van der Waals surface area (Å²) >= 11 is 0. The van der Waals surface area contributed by atoms with E-state index < -0.39 is 46.1 Å². The molecule has 1 heterocycles. The van der Waals surface area contributed by atoms with Gasteiger partial charge in [0.1, 0.15) is 37.4 Å². The lowest BCUT2D eigenvalue weighted by Crippen LogP contribution is -2.53. The summed E-state index contributed by atoms with van der Waals surface area (Å²) in [5, 5.41) is 2.84. The van der Waals surface area contributed by atoms with Gasteiger partial charge in [-0.3, -0.25) is 13.9 Å². The van der Waals surface area contributed by atoms with Crippen molar-refractivity contribution in [3.05, 3.63) is 120 Å². The van der Waals surface area contributed by atoms with E-state index in [0.29, 0.717) is 25.3 Å². The van der Waals surface area contributed by atoms with E-state index >= 15 is 4.39 Å². The van der Waals surface area contributed by atoms with E-state index in [1.807, 2.05) is 25.1 Å². The van der Waals surface area contributed by atoms with Gasteiger partial charge in [-0.05, 0) is 54.4 Å². The van der Waals surface area contributed by atoms with E-state index in [1.165, 1.54) is 53.4 Å². The van der Waals surface area contributed by atoms with Crippen molar-refractivity contribution in [2.24, 2.45) is 0 Å². The molecule has 0 aromatic heterocycles. The number of ether oxygens (including phenoxy) is 2. The average molecular weight is 664 g/mol. The third-order valence-corrected chi connectivity index (χ3v) is 9.38. The van der Waals surface area contributed by atoms with Crippen molar-refractivity contribution < 1.29 is 36.3 Å². The number of nitrogens with one attached hydrogen (secondary N) is 1. The minimum Gasteiger partial charge on any atom is -0.486 e. The number of hydrogen-bond donors (Lipinski definition) is 1. The number of sulfonamides is 1. The molecule has 0 saturated heterocycles. The zero-order valence-corrected chi connectivity index (χ0v) is 26.6. The molecule has 0 unspecified atom stereocenters. The molecule has 2 amide bonds. The van der Waals surface area contributed by atoms with Gasteiger partial charge in [0.2, 0.25) is 11.8 Å². The van der Waals surface area contributed by atoms with Gasteiger partial charge in [-0.15, -0.1) is 0 Å². The summed E-state index contributed by atoms with van der Waals surface area (Å²) in [4.78, 5) is 29.1. The van der Waals surface area contributed by atoms with Gasteiger partial charge in [0.05, 0.1) is 10.6 Å². The molecule has 47 heavy (non-hydrogen) atoms. The second-order valence-electron chi connectivity index (χ2n) is 10.9. The van der Waals surface area contributed by atoms with Crippen LogP contribution in [0.25, 0.3) is 0 Å². The molecule has 9 nitrogen and oxygen atoms in total. The van der Waals surface area contributed by atoms with Crippen molar-refractivity contribution in [1.82, 2.24) is 10.2 Å². The molecule has 0 fully saturated rings. The van der Waals surface area contributed by atoms with Crippen LogP contribution in [-0.4, -0.2) is 57.5 Å². The Labute approximate surface area is 272 Å². The molecule has 4 aromatic rings. The van der Waals surface area contributed by atoms with Gasteiger partial charge in [-0.25, -0.2) is 17.2 Å². The molecule has 5 rings (SSSR count). The molecule has 0 radical (unpaired) electrons. The molecule has 0 aliphatic carbocycles. The van der Waals surface area contributed by atoms with Gasteiger partial charge in [-0.1, -0.05) is 55.5 Å². The van der Waals surface area contributed by atoms with E-state index in [1.54, 1.807) is 18.2 Å². The Bertz CT molecular complexity index is 1810. The summed E-state index contributed by atoms with van der Waals surface area (Å²) in [6, 6.07) is 22.5. The molecule has 1 N–H and O–H groups in total. The molecular formula is C35H35F2N3O6S. The molecule has 0 spiro atoms. The van der Waals surface area contributed by atoms with Crippen molar-refractivity contribution in [2.75, 3.05) is 30.6 Å². The Balaban J connectivity index is 1.57. The van der Waals surface area contributed by atoms with Crippen LogP contribution in [0.1, 0.15) is 24.5 Å². The maximum absolute atomic E-state index is 15.0. The number of halogens is 2. The first-order valence-corrected chi connectivity index (χ1v) is 16.6. The molecule has 1 aliphatic rings. The lowest BCUT2D eigenvalue weighted by Gasteiger charge is -2.34. The molecule has 1 atom stereocenters. The smallest absolute Gasteiger partial charge is 0.264 e. The summed E-state index contributed by atoms with van der Waals surface area (Å²) in [6.07, 6.45) is 0.721. The third-order valence-electron chi connectivity index (χ3n) is 7.61. The van der Waals surface area contributed by atoms with Gasteiger partial charge in [0.15, 0.2) is 11.5 Å². The number of hydrogen-bond acceptors (Lipinski definition) is 6. The van der Waals surface area contributed by atoms with Gasteiger partial charge >= 0.3 is 0 Å². The van der Waals surface area contributed by atoms with Crippen molar-refractivity contribution in [1.29, 1.82) is 0 Å². The van der Waals surface area contributed by atoms with E-state index in [0.717, 1.165) is 22.0 Å². The molecule has 0 saturated carbocycles. The van der Waals surface area contributed by atoms with Crippen LogP contribution in [0.5, 0.6) is 11.5 Å². The Morgan fingerprint density at radius 2 is 1.55 bits per heavy atom. The largest absolute Gasteiger partial charge is 0.486 e. The number of benzene rings is 4. The maximum atomic E-state index is 15.0. The summed E-state index contributed by atoms with van der Waals surface area (Å²) in [6.45, 7) is 1.67. The number of carbonyl (C=O) groups is 2. The minimum atomic E-state index is -4.48. The second kappa shape index (κ2) is 15.1. The van der Waals surface area contributed by atoms with Gasteiger partial charge in [0, 0.05) is 31.1 Å². The first-order chi connectivity index (χ1) is 22.7. The van der Waals surface area contributed by atoms with Crippen molar-refractivity contribution in [3.63, 3.8) is 0 Å². The predicted molar refractivity (Wildman–Crippen MR) is 173 cm³/mol. The van der Waals surface area contributed by atoms with Crippen molar-refractivity contribution >= 4 is 27.5 Å². The fourth-order valence-corrected chi connectivity index (χ4v) is 6.61. The summed E-state index contributed by atoms with van der Waals surface area (Å²) in [5.74, 6) is -1.84. The normalized spacial score (nSPS) is 13.0. The summed E-state index contributed by atoms with van der Waals surface area (Å²) < 4.78 is 69.4. The number of nitrogens with zero attached hydrogens (tertiary/aromatic N) is 2. The quantitative estimate of drug-likeness (QED) is 0.214. The highest BCUT2D eigenvalue weighted by Gasteiger charge is 2.35. The van der Waals surface area contributed by atoms with Crippen LogP contribution in [0.3, 0.4) is 0 Å². The molecular weight excluding hydrogens is 628 g/mol. The van der Waals surface area contributed by atoms with Gasteiger partial charge < -0.3 is 19.7 Å². The van der Waals surface area contributed by atoms with Crippen LogP contribution in [0.2, 0.25) is 0 Å². The number of anilines is 1. The van der Waals surface area contributed by atoms with Crippen LogP contribution in [0.4, 0.5) is 14.5 Å². The zero-order valence-electron chi connectivity index (χ0n) is 25.8. The predicted octanol–water partition coefficient (Wildman–Crippen LogP) is 5.10. The number of amides is 2. The Kier molecular flexibility index (Phi) is 10.7. The molecule has 4 aromatic carbocycles. The Hall–Kier alpha value is -4.97. The van der Waals surface area contributed by atoms with Crippen LogP contribution < -0.4 is 19.1 Å². The monoisotopic (exact) mass is 663 g/mol. The molecule has 1 aliphatic heterocycles. The highest BCUT2D eigenvalue weighted by Crippen LogP contribution is 2.34. The van der Waals surface area contributed by atoms with Crippen LogP contribution >= 0.6 is 0 Å². The van der Waals surface area contributed by atoms with Crippen LogP contribution in [-0.2, 0) is 32.6 Å². The average Bonchev–Trinajstić information content (AvgIpc) is 3.09. The summed E-state index contributed by atoms with van der Waals surface area (Å²) in [7, 11) is -4.48. The topological polar surface area (TPSA) is 105 Å². The standard InChI is InChI=1S/C35H35F2N3O6S/c1-2-18-38-35(42)31(21-25-8-4-3-5-9-25)39(23-26-10-6-7-11-30(26)37)34(41)24-40(28-14-12-27(36)13-15-28)47(43,44)29-16-17-32-33(22-29)46-20-19-45-32/h3-17,22,31H,2,18-21,23-24H2,1H3,(H,38,42)/t31-/m0/s1. The third kappa shape index (κ3) is 8.07. The number of carbonyl (C=O) groups excluding carboxylic acids is 2. The minimum absolute atomic E-state index is 0.00975. The van der Waals surface area contributed by atoms with Gasteiger partial charge in [-0.2, -0.15) is 0 Å². The molecule has 0 bridgehead atoms. The first-order valence-electron chi connectivity index (χ1n) is 15.2. The summed E-state index contributed by atoms with van der Waals surface area (Å²) in [5.41, 5.74) is 0.899. The Morgan fingerprint density at radius 1 is 0.872 bits per heavy atom. The van der Waals surface area contributed by atoms with E-state index in [4.69, 9.17) is 9.47 Å². The Morgan fingerprint density at radius 3 is 2.26 bits per heavy atom. The molecule has 246 valence electrons. The maximum Gasteiger partial charge on any atom is 0.264 e.